The van der Waals surface area contributed by atoms with Gasteiger partial charge in [-0.15, -0.1) is 0 Å². The number of likely N-dealkylation sites (N-methyl/N-ethyl adjacent to an activating group) is 2. The van der Waals surface area contributed by atoms with Gasteiger partial charge < -0.3 is 10.4 Å². The summed E-state index contributed by atoms with van der Waals surface area (Å²) in [7, 11) is 3.53. The first kappa shape index (κ1) is 11.5. The molecule has 1 aliphatic carbocycles. The van der Waals surface area contributed by atoms with Crippen molar-refractivity contribution in [2.45, 2.75) is 37.8 Å². The Morgan fingerprint density at radius 2 is 2.14 bits per heavy atom. The normalized spacial score (nSPS) is 27.7. The number of aliphatic hydroxyl groups excluding tert-OH is 1. The fourth-order valence-electron chi connectivity index (χ4n) is 2.03. The standard InChI is InChI=1S/C10H20N2O2/c1-11-10(14)7-12(2)8-5-3-4-6-9(8)13/h8-9,13H,3-7H2,1-2H3,(H,11,14). The van der Waals surface area contributed by atoms with Crippen molar-refractivity contribution in [2.75, 3.05) is 20.6 Å². The molecule has 0 aromatic heterocycles. The van der Waals surface area contributed by atoms with Crippen LogP contribution in [-0.4, -0.2) is 48.7 Å². The Labute approximate surface area is 85.3 Å². The molecule has 1 saturated carbocycles. The summed E-state index contributed by atoms with van der Waals surface area (Å²) in [4.78, 5) is 13.1. The van der Waals surface area contributed by atoms with E-state index in [0.29, 0.717) is 6.54 Å². The van der Waals surface area contributed by atoms with E-state index in [-0.39, 0.29) is 18.1 Å². The highest BCUT2D eigenvalue weighted by molar-refractivity contribution is 5.77. The number of amides is 1. The molecule has 0 aromatic carbocycles. The van der Waals surface area contributed by atoms with Crippen LogP contribution in [0.25, 0.3) is 0 Å². The Kier molecular flexibility index (Phi) is 4.35. The van der Waals surface area contributed by atoms with Gasteiger partial charge >= 0.3 is 0 Å². The third-order valence-corrected chi connectivity index (χ3v) is 2.93. The number of carbonyl (C=O) groups excluding carboxylic acids is 1. The molecule has 0 saturated heterocycles. The van der Waals surface area contributed by atoms with E-state index in [0.717, 1.165) is 25.7 Å². The molecule has 1 amide bonds. The van der Waals surface area contributed by atoms with Gasteiger partial charge in [0.05, 0.1) is 12.6 Å². The predicted octanol–water partition coefficient (Wildman–Crippen LogP) is -0.0323. The van der Waals surface area contributed by atoms with Gasteiger partial charge in [0.15, 0.2) is 0 Å². The topological polar surface area (TPSA) is 52.6 Å². The number of hydrogen-bond donors (Lipinski definition) is 2. The Morgan fingerprint density at radius 3 is 2.71 bits per heavy atom. The molecule has 0 spiro atoms. The van der Waals surface area contributed by atoms with Crippen molar-refractivity contribution in [1.29, 1.82) is 0 Å². The summed E-state index contributed by atoms with van der Waals surface area (Å²) < 4.78 is 0. The molecule has 14 heavy (non-hydrogen) atoms. The quantitative estimate of drug-likeness (QED) is 0.672. The van der Waals surface area contributed by atoms with Crippen molar-refractivity contribution in [2.24, 2.45) is 0 Å². The molecule has 0 aliphatic heterocycles. The Morgan fingerprint density at radius 1 is 1.50 bits per heavy atom. The largest absolute Gasteiger partial charge is 0.391 e. The molecular formula is C10H20N2O2. The number of rotatable bonds is 3. The van der Waals surface area contributed by atoms with Gasteiger partial charge in [-0.1, -0.05) is 12.8 Å². The van der Waals surface area contributed by atoms with Crippen LogP contribution in [0.15, 0.2) is 0 Å². The van der Waals surface area contributed by atoms with Gasteiger partial charge in [0, 0.05) is 13.1 Å². The summed E-state index contributed by atoms with van der Waals surface area (Å²) in [5.74, 6) is 0.00488. The zero-order valence-electron chi connectivity index (χ0n) is 8.99. The predicted molar refractivity (Wildman–Crippen MR) is 55.0 cm³/mol. The van der Waals surface area contributed by atoms with Gasteiger partial charge in [-0.05, 0) is 19.9 Å². The van der Waals surface area contributed by atoms with Crippen LogP contribution in [0, 0.1) is 0 Å². The molecule has 4 heteroatoms. The maximum absolute atomic E-state index is 11.1. The molecule has 0 radical (unpaired) electrons. The highest BCUT2D eigenvalue weighted by Crippen LogP contribution is 2.21. The molecule has 82 valence electrons. The van der Waals surface area contributed by atoms with Gasteiger partial charge in [-0.3, -0.25) is 9.69 Å². The average Bonchev–Trinajstić information content (AvgIpc) is 2.18. The van der Waals surface area contributed by atoms with Crippen LogP contribution in [-0.2, 0) is 4.79 Å². The van der Waals surface area contributed by atoms with E-state index in [1.165, 1.54) is 0 Å². The maximum Gasteiger partial charge on any atom is 0.233 e. The molecule has 2 atom stereocenters. The van der Waals surface area contributed by atoms with Gasteiger partial charge in [-0.25, -0.2) is 0 Å². The van der Waals surface area contributed by atoms with Crippen LogP contribution in [0.1, 0.15) is 25.7 Å². The van der Waals surface area contributed by atoms with Gasteiger partial charge in [0.25, 0.3) is 0 Å². The van der Waals surface area contributed by atoms with Gasteiger partial charge in [-0.2, -0.15) is 0 Å². The van der Waals surface area contributed by atoms with E-state index in [4.69, 9.17) is 0 Å². The van der Waals surface area contributed by atoms with E-state index < -0.39 is 0 Å². The summed E-state index contributed by atoms with van der Waals surface area (Å²) in [6, 6.07) is 0.154. The van der Waals surface area contributed by atoms with Crippen LogP contribution in [0.3, 0.4) is 0 Å². The lowest BCUT2D eigenvalue weighted by molar-refractivity contribution is -0.122. The molecule has 4 nitrogen and oxygen atoms in total. The minimum Gasteiger partial charge on any atom is -0.391 e. The summed E-state index contributed by atoms with van der Waals surface area (Å²) >= 11 is 0. The number of aliphatic hydroxyl groups is 1. The first-order chi connectivity index (χ1) is 6.65. The lowest BCUT2D eigenvalue weighted by Gasteiger charge is -2.34. The first-order valence-electron chi connectivity index (χ1n) is 5.24. The van der Waals surface area contributed by atoms with Crippen LogP contribution >= 0.6 is 0 Å². The highest BCUT2D eigenvalue weighted by Gasteiger charge is 2.27. The van der Waals surface area contributed by atoms with Crippen molar-refractivity contribution >= 4 is 5.91 Å². The minimum absolute atomic E-state index is 0.00488. The summed E-state index contributed by atoms with van der Waals surface area (Å²) in [5, 5.41) is 12.3. The second-order valence-corrected chi connectivity index (χ2v) is 4.01. The van der Waals surface area contributed by atoms with Crippen molar-refractivity contribution in [3.63, 3.8) is 0 Å². The molecule has 2 N–H and O–H groups in total. The Bertz CT molecular complexity index is 197. The van der Waals surface area contributed by atoms with E-state index in [1.807, 2.05) is 11.9 Å². The fraction of sp³-hybridized carbons (Fsp3) is 0.900. The second kappa shape index (κ2) is 5.32. The van der Waals surface area contributed by atoms with E-state index in [2.05, 4.69) is 5.32 Å². The fourth-order valence-corrected chi connectivity index (χ4v) is 2.03. The lowest BCUT2D eigenvalue weighted by atomic mass is 9.91. The number of hydrogen-bond acceptors (Lipinski definition) is 3. The molecule has 0 aromatic rings. The zero-order chi connectivity index (χ0) is 10.6. The molecule has 2 unspecified atom stereocenters. The Hall–Kier alpha value is -0.610. The number of nitrogens with zero attached hydrogens (tertiary/aromatic N) is 1. The third kappa shape index (κ3) is 2.96. The number of nitrogens with one attached hydrogen (secondary N) is 1. The molecule has 1 aliphatic rings. The van der Waals surface area contributed by atoms with Crippen LogP contribution in [0.5, 0.6) is 0 Å². The smallest absolute Gasteiger partial charge is 0.233 e. The maximum atomic E-state index is 11.1. The SMILES string of the molecule is CNC(=O)CN(C)C1CCCCC1O. The minimum atomic E-state index is -0.265. The van der Waals surface area contributed by atoms with Gasteiger partial charge in [0.1, 0.15) is 0 Å². The van der Waals surface area contributed by atoms with Crippen molar-refractivity contribution < 1.29 is 9.90 Å². The first-order valence-corrected chi connectivity index (χ1v) is 5.24. The van der Waals surface area contributed by atoms with E-state index in [9.17, 15) is 9.90 Å². The summed E-state index contributed by atoms with van der Waals surface area (Å²) in [6.45, 7) is 0.373. The van der Waals surface area contributed by atoms with Crippen molar-refractivity contribution in [3.05, 3.63) is 0 Å². The number of carbonyl (C=O) groups is 1. The monoisotopic (exact) mass is 200 g/mol. The van der Waals surface area contributed by atoms with Crippen molar-refractivity contribution in [1.82, 2.24) is 10.2 Å². The summed E-state index contributed by atoms with van der Waals surface area (Å²) in [5.41, 5.74) is 0. The molecule has 1 rings (SSSR count). The summed E-state index contributed by atoms with van der Waals surface area (Å²) in [6.07, 6.45) is 3.85. The molecular weight excluding hydrogens is 180 g/mol. The van der Waals surface area contributed by atoms with E-state index in [1.54, 1.807) is 7.05 Å². The highest BCUT2D eigenvalue weighted by atomic mass is 16.3. The lowest BCUT2D eigenvalue weighted by Crippen LogP contribution is -2.46. The average molecular weight is 200 g/mol. The Balaban J connectivity index is 2.41. The molecule has 0 heterocycles. The zero-order valence-corrected chi connectivity index (χ0v) is 8.99. The van der Waals surface area contributed by atoms with Crippen molar-refractivity contribution in [3.8, 4) is 0 Å². The molecule has 1 fully saturated rings. The van der Waals surface area contributed by atoms with Crippen LogP contribution < -0.4 is 5.32 Å². The van der Waals surface area contributed by atoms with E-state index >= 15 is 0 Å². The third-order valence-electron chi connectivity index (χ3n) is 2.93. The molecule has 0 bridgehead atoms. The van der Waals surface area contributed by atoms with Gasteiger partial charge in [0.2, 0.25) is 5.91 Å². The second-order valence-electron chi connectivity index (χ2n) is 4.01. The van der Waals surface area contributed by atoms with Crippen LogP contribution in [0.4, 0.5) is 0 Å². The van der Waals surface area contributed by atoms with Crippen LogP contribution in [0.2, 0.25) is 0 Å².